The Bertz CT molecular complexity index is 544. The zero-order valence-electron chi connectivity index (χ0n) is 13.9. The van der Waals surface area contributed by atoms with Crippen molar-refractivity contribution in [2.24, 2.45) is 5.73 Å². The van der Waals surface area contributed by atoms with E-state index in [1.807, 2.05) is 38.1 Å². The number of hydrogen-bond acceptors (Lipinski definition) is 3. The summed E-state index contributed by atoms with van der Waals surface area (Å²) in [4.78, 5) is 0. The molecule has 1 aromatic carbocycles. The molecule has 0 fully saturated rings. The number of rotatable bonds is 7. The summed E-state index contributed by atoms with van der Waals surface area (Å²) in [5.41, 5.74) is 8.23. The van der Waals surface area contributed by atoms with Gasteiger partial charge in [0.1, 0.15) is 0 Å². The highest BCUT2D eigenvalue weighted by molar-refractivity contribution is 7.87. The van der Waals surface area contributed by atoms with E-state index < -0.39 is 10.2 Å². The molecule has 0 bridgehead atoms. The van der Waals surface area contributed by atoms with Crippen LogP contribution in [0.2, 0.25) is 0 Å². The van der Waals surface area contributed by atoms with E-state index in [2.05, 4.69) is 18.6 Å². The maximum atomic E-state index is 12.0. The van der Waals surface area contributed by atoms with Crippen molar-refractivity contribution in [3.63, 3.8) is 0 Å². The molecule has 0 saturated carbocycles. The van der Waals surface area contributed by atoms with E-state index in [1.165, 1.54) is 9.87 Å². The molecule has 1 atom stereocenters. The second-order valence-corrected chi connectivity index (χ2v) is 7.71. The maximum absolute atomic E-state index is 12.0. The summed E-state index contributed by atoms with van der Waals surface area (Å²) in [6.07, 6.45) is 0. The third-order valence-electron chi connectivity index (χ3n) is 3.62. The van der Waals surface area contributed by atoms with Gasteiger partial charge in [-0.15, -0.1) is 12.4 Å². The summed E-state index contributed by atoms with van der Waals surface area (Å²) in [5, 5.41) is 0. The van der Waals surface area contributed by atoms with Gasteiger partial charge < -0.3 is 5.73 Å². The molecule has 1 aromatic rings. The predicted molar refractivity (Wildman–Crippen MR) is 94.5 cm³/mol. The Balaban J connectivity index is 0.00000441. The summed E-state index contributed by atoms with van der Waals surface area (Å²) >= 11 is 0. The standard InChI is InChI=1S/C15H27N3O2S.ClH/c1-11(2)13-6-8-14(9-7-13)15(16)10-17-21(19,20)18(5)12(3)4;/h6-9,11-12,15,17H,10,16H2,1-5H3;1H. The van der Waals surface area contributed by atoms with Crippen LogP contribution in [0.4, 0.5) is 0 Å². The van der Waals surface area contributed by atoms with Crippen molar-refractivity contribution in [1.29, 1.82) is 0 Å². The first-order valence-corrected chi connectivity index (χ1v) is 8.67. The largest absolute Gasteiger partial charge is 0.323 e. The molecule has 3 N–H and O–H groups in total. The predicted octanol–water partition coefficient (Wildman–Crippen LogP) is 2.41. The van der Waals surface area contributed by atoms with Crippen molar-refractivity contribution in [2.75, 3.05) is 13.6 Å². The minimum absolute atomic E-state index is 0. The molecule has 0 spiro atoms. The van der Waals surface area contributed by atoms with Crippen molar-refractivity contribution in [2.45, 2.75) is 45.7 Å². The van der Waals surface area contributed by atoms with Crippen molar-refractivity contribution in [3.05, 3.63) is 35.4 Å². The first-order chi connectivity index (χ1) is 9.65. The van der Waals surface area contributed by atoms with E-state index in [1.54, 1.807) is 7.05 Å². The molecule has 0 aliphatic rings. The zero-order valence-corrected chi connectivity index (χ0v) is 15.5. The summed E-state index contributed by atoms with van der Waals surface area (Å²) in [6.45, 7) is 8.09. The highest BCUT2D eigenvalue weighted by Gasteiger charge is 2.21. The summed E-state index contributed by atoms with van der Waals surface area (Å²) in [5.74, 6) is 0.466. The third kappa shape index (κ3) is 5.85. The van der Waals surface area contributed by atoms with Crippen LogP contribution in [0.25, 0.3) is 0 Å². The second-order valence-electron chi connectivity index (χ2n) is 5.89. The van der Waals surface area contributed by atoms with E-state index in [-0.39, 0.29) is 31.0 Å². The van der Waals surface area contributed by atoms with E-state index >= 15 is 0 Å². The average molecular weight is 350 g/mol. The van der Waals surface area contributed by atoms with Crippen molar-refractivity contribution < 1.29 is 8.42 Å². The number of nitrogens with two attached hydrogens (primary N) is 1. The van der Waals surface area contributed by atoms with Crippen LogP contribution >= 0.6 is 12.4 Å². The smallest absolute Gasteiger partial charge is 0.279 e. The second kappa shape index (κ2) is 8.84. The van der Waals surface area contributed by atoms with Crippen molar-refractivity contribution in [1.82, 2.24) is 9.03 Å². The Morgan fingerprint density at radius 1 is 1.09 bits per heavy atom. The lowest BCUT2D eigenvalue weighted by atomic mass is 9.99. The fourth-order valence-electron chi connectivity index (χ4n) is 1.82. The van der Waals surface area contributed by atoms with Gasteiger partial charge in [-0.05, 0) is 30.9 Å². The van der Waals surface area contributed by atoms with Gasteiger partial charge in [0, 0.05) is 25.7 Å². The lowest BCUT2D eigenvalue weighted by molar-refractivity contribution is 0.401. The molecule has 1 unspecified atom stereocenters. The van der Waals surface area contributed by atoms with E-state index in [4.69, 9.17) is 5.73 Å². The van der Waals surface area contributed by atoms with Crippen LogP contribution in [-0.4, -0.2) is 32.4 Å². The average Bonchev–Trinajstić information content (AvgIpc) is 2.43. The highest BCUT2D eigenvalue weighted by atomic mass is 35.5. The summed E-state index contributed by atoms with van der Waals surface area (Å²) in [6, 6.07) is 7.54. The molecule has 128 valence electrons. The SMILES string of the molecule is CC(C)c1ccc(C(N)CNS(=O)(=O)N(C)C(C)C)cc1.Cl. The monoisotopic (exact) mass is 349 g/mol. The molecule has 0 amide bonds. The van der Waals surface area contributed by atoms with Gasteiger partial charge in [0.15, 0.2) is 0 Å². The van der Waals surface area contributed by atoms with Crippen LogP contribution in [0, 0.1) is 0 Å². The van der Waals surface area contributed by atoms with Gasteiger partial charge in [0.25, 0.3) is 10.2 Å². The van der Waals surface area contributed by atoms with Gasteiger partial charge in [0.05, 0.1) is 0 Å². The van der Waals surface area contributed by atoms with E-state index in [0.717, 1.165) is 5.56 Å². The third-order valence-corrected chi connectivity index (χ3v) is 5.33. The van der Waals surface area contributed by atoms with E-state index in [9.17, 15) is 8.42 Å². The maximum Gasteiger partial charge on any atom is 0.279 e. The topological polar surface area (TPSA) is 75.4 Å². The van der Waals surface area contributed by atoms with E-state index in [0.29, 0.717) is 5.92 Å². The van der Waals surface area contributed by atoms with Crippen LogP contribution in [0.3, 0.4) is 0 Å². The lowest BCUT2D eigenvalue weighted by Gasteiger charge is -2.22. The fourth-order valence-corrected chi connectivity index (χ4v) is 2.97. The molecule has 1 rings (SSSR count). The lowest BCUT2D eigenvalue weighted by Crippen LogP contribution is -2.44. The molecule has 0 radical (unpaired) electrons. The van der Waals surface area contributed by atoms with Crippen LogP contribution in [0.15, 0.2) is 24.3 Å². The Morgan fingerprint density at radius 2 is 1.55 bits per heavy atom. The molecule has 22 heavy (non-hydrogen) atoms. The highest BCUT2D eigenvalue weighted by Crippen LogP contribution is 2.17. The minimum atomic E-state index is -3.48. The van der Waals surface area contributed by atoms with Crippen LogP contribution in [-0.2, 0) is 10.2 Å². The van der Waals surface area contributed by atoms with Gasteiger partial charge in [-0.2, -0.15) is 12.7 Å². The van der Waals surface area contributed by atoms with Crippen LogP contribution in [0.5, 0.6) is 0 Å². The Hall–Kier alpha value is -0.660. The number of halogens is 1. The fraction of sp³-hybridized carbons (Fsp3) is 0.600. The Kier molecular flexibility index (Phi) is 8.57. The van der Waals surface area contributed by atoms with Crippen molar-refractivity contribution >= 4 is 22.6 Å². The number of nitrogens with zero attached hydrogens (tertiary/aromatic N) is 1. The quantitative estimate of drug-likeness (QED) is 0.793. The molecule has 7 heteroatoms. The number of benzene rings is 1. The number of hydrogen-bond donors (Lipinski definition) is 2. The molecular weight excluding hydrogens is 322 g/mol. The Labute approximate surface area is 140 Å². The van der Waals surface area contributed by atoms with Gasteiger partial charge in [-0.1, -0.05) is 38.1 Å². The molecule has 0 heterocycles. The molecule has 0 aliphatic carbocycles. The molecule has 5 nitrogen and oxygen atoms in total. The summed E-state index contributed by atoms with van der Waals surface area (Å²) < 4.78 is 27.9. The van der Waals surface area contributed by atoms with Gasteiger partial charge in [0.2, 0.25) is 0 Å². The first-order valence-electron chi connectivity index (χ1n) is 7.23. The van der Waals surface area contributed by atoms with Crippen molar-refractivity contribution in [3.8, 4) is 0 Å². The summed E-state index contributed by atoms with van der Waals surface area (Å²) in [7, 11) is -1.93. The normalized spacial score (nSPS) is 13.5. The van der Waals surface area contributed by atoms with Gasteiger partial charge in [-0.25, -0.2) is 4.72 Å². The van der Waals surface area contributed by atoms with Crippen LogP contribution in [0.1, 0.15) is 50.8 Å². The van der Waals surface area contributed by atoms with Gasteiger partial charge in [-0.3, -0.25) is 0 Å². The van der Waals surface area contributed by atoms with Gasteiger partial charge >= 0.3 is 0 Å². The molecule has 0 aromatic heterocycles. The number of nitrogens with one attached hydrogen (secondary N) is 1. The first kappa shape index (κ1) is 21.3. The minimum Gasteiger partial charge on any atom is -0.323 e. The van der Waals surface area contributed by atoms with Crippen LogP contribution < -0.4 is 10.5 Å². The molecular formula is C15H28ClN3O2S. The zero-order chi connectivity index (χ0) is 16.2. The molecule has 0 aliphatic heterocycles. The Morgan fingerprint density at radius 3 is 1.95 bits per heavy atom. The molecule has 0 saturated heterocycles.